The number of nitrogens with zero attached hydrogens (tertiary/aromatic N) is 2. The molecule has 1 N–H and O–H groups in total. The first-order valence-electron chi connectivity index (χ1n) is 6.14. The van der Waals surface area contributed by atoms with E-state index in [9.17, 15) is 0 Å². The molecule has 1 aliphatic carbocycles. The van der Waals surface area contributed by atoms with E-state index in [2.05, 4.69) is 34.6 Å². The highest BCUT2D eigenvalue weighted by atomic mass is 15.0. The molecule has 3 nitrogen and oxygen atoms in total. The van der Waals surface area contributed by atoms with Gasteiger partial charge in [0.25, 0.3) is 0 Å². The van der Waals surface area contributed by atoms with Crippen LogP contribution in [-0.2, 0) is 6.42 Å². The Morgan fingerprint density at radius 1 is 1.53 bits per heavy atom. The summed E-state index contributed by atoms with van der Waals surface area (Å²) in [6.07, 6.45) is 6.12. The molecule has 0 saturated heterocycles. The minimum Gasteiger partial charge on any atom is -0.281 e. The monoisotopic (exact) mass is 227 g/mol. The van der Waals surface area contributed by atoms with Gasteiger partial charge in [0.1, 0.15) is 5.84 Å². The van der Waals surface area contributed by atoms with Crippen molar-refractivity contribution in [2.45, 2.75) is 38.6 Å². The van der Waals surface area contributed by atoms with Crippen molar-refractivity contribution in [2.75, 3.05) is 0 Å². The maximum Gasteiger partial charge on any atom is 0.182 e. The molecule has 0 aromatic heterocycles. The summed E-state index contributed by atoms with van der Waals surface area (Å²) in [5.74, 6) is 0.786. The summed E-state index contributed by atoms with van der Waals surface area (Å²) in [7, 11) is 0. The number of rotatable bonds is 2. The van der Waals surface area contributed by atoms with Gasteiger partial charge in [-0.1, -0.05) is 31.2 Å². The van der Waals surface area contributed by atoms with Crippen LogP contribution in [0.3, 0.4) is 0 Å². The summed E-state index contributed by atoms with van der Waals surface area (Å²) < 4.78 is 0. The average Bonchev–Trinajstić information content (AvgIpc) is 2.38. The average molecular weight is 227 g/mol. The second kappa shape index (κ2) is 5.49. The van der Waals surface area contributed by atoms with Crippen molar-refractivity contribution < 1.29 is 0 Å². The Balaban J connectivity index is 2.27. The number of aryl methyl sites for hydroxylation is 1. The molecule has 1 aromatic rings. The van der Waals surface area contributed by atoms with Crippen LogP contribution in [0.25, 0.3) is 0 Å². The summed E-state index contributed by atoms with van der Waals surface area (Å²) in [5.41, 5.74) is 2.73. The van der Waals surface area contributed by atoms with Crippen molar-refractivity contribution in [1.82, 2.24) is 5.32 Å². The van der Waals surface area contributed by atoms with E-state index < -0.39 is 0 Å². The van der Waals surface area contributed by atoms with Gasteiger partial charge in [0.05, 0.1) is 6.04 Å². The van der Waals surface area contributed by atoms with E-state index in [4.69, 9.17) is 5.26 Å². The van der Waals surface area contributed by atoms with Crippen molar-refractivity contribution in [2.24, 2.45) is 4.99 Å². The quantitative estimate of drug-likeness (QED) is 0.365. The lowest BCUT2D eigenvalue weighted by molar-refractivity contribution is 0.570. The summed E-state index contributed by atoms with van der Waals surface area (Å²) >= 11 is 0. The molecule has 2 rings (SSSR count). The Labute approximate surface area is 102 Å². The standard InChI is InChI=1S/C14H17N3/c1-2-14(16-10-15)17-13-9-5-7-11-6-3-4-8-12(11)13/h3-4,6,8,13H,2,5,7,9H2,1H3,(H,16,17)/t13-/m0/s1. The molecule has 0 bridgehead atoms. The first kappa shape index (κ1) is 11.7. The smallest absolute Gasteiger partial charge is 0.182 e. The van der Waals surface area contributed by atoms with Gasteiger partial charge in [-0.3, -0.25) is 10.3 Å². The fraction of sp³-hybridized carbons (Fsp3) is 0.429. The maximum atomic E-state index is 8.65. The topological polar surface area (TPSA) is 48.2 Å². The third-order valence-corrected chi connectivity index (χ3v) is 3.18. The summed E-state index contributed by atoms with van der Waals surface area (Å²) in [5, 5.41) is 11.3. The van der Waals surface area contributed by atoms with E-state index in [1.807, 2.05) is 13.1 Å². The normalized spacial score (nSPS) is 19.3. The minimum absolute atomic E-state index is 0.218. The first-order chi connectivity index (χ1) is 8.35. The van der Waals surface area contributed by atoms with E-state index in [-0.39, 0.29) is 6.04 Å². The van der Waals surface area contributed by atoms with Gasteiger partial charge in [-0.2, -0.15) is 5.26 Å². The third kappa shape index (κ3) is 2.65. The molecular weight excluding hydrogens is 210 g/mol. The lowest BCUT2D eigenvalue weighted by atomic mass is 9.88. The van der Waals surface area contributed by atoms with Crippen LogP contribution in [0.2, 0.25) is 0 Å². The van der Waals surface area contributed by atoms with Crippen molar-refractivity contribution in [3.05, 3.63) is 35.4 Å². The lowest BCUT2D eigenvalue weighted by Crippen LogP contribution is -2.19. The highest BCUT2D eigenvalue weighted by Crippen LogP contribution is 2.32. The first-order valence-corrected chi connectivity index (χ1v) is 6.14. The number of nitrogens with one attached hydrogen (secondary N) is 1. The molecule has 1 aliphatic rings. The van der Waals surface area contributed by atoms with Gasteiger partial charge in [0.15, 0.2) is 6.19 Å². The second-order valence-corrected chi connectivity index (χ2v) is 4.27. The van der Waals surface area contributed by atoms with Crippen LogP contribution < -0.4 is 5.32 Å². The van der Waals surface area contributed by atoms with Gasteiger partial charge in [0.2, 0.25) is 0 Å². The number of amidine groups is 1. The number of aliphatic imine (C=N–C) groups is 1. The minimum atomic E-state index is 0.218. The molecule has 17 heavy (non-hydrogen) atoms. The van der Waals surface area contributed by atoms with Crippen molar-refractivity contribution >= 4 is 5.84 Å². The van der Waals surface area contributed by atoms with Crippen LogP contribution in [0.5, 0.6) is 0 Å². The highest BCUT2D eigenvalue weighted by Gasteiger charge is 2.19. The predicted octanol–water partition coefficient (Wildman–Crippen LogP) is 2.94. The molecule has 0 saturated carbocycles. The van der Waals surface area contributed by atoms with Gasteiger partial charge in [-0.25, -0.2) is 0 Å². The van der Waals surface area contributed by atoms with Crippen molar-refractivity contribution in [3.63, 3.8) is 0 Å². The van der Waals surface area contributed by atoms with Crippen LogP contribution in [-0.4, -0.2) is 5.84 Å². The molecule has 3 heteroatoms. The zero-order chi connectivity index (χ0) is 12.1. The predicted molar refractivity (Wildman–Crippen MR) is 68.6 cm³/mol. The number of nitriles is 1. The largest absolute Gasteiger partial charge is 0.281 e. The van der Waals surface area contributed by atoms with Crippen LogP contribution in [0.1, 0.15) is 43.4 Å². The molecular formula is C14H17N3. The summed E-state index contributed by atoms with van der Waals surface area (Å²) in [6, 6.07) is 8.70. The Kier molecular flexibility index (Phi) is 3.77. The van der Waals surface area contributed by atoms with Crippen LogP contribution in [0, 0.1) is 11.5 Å². The molecule has 88 valence electrons. The number of hydrogen-bond donors (Lipinski definition) is 1. The van der Waals surface area contributed by atoms with Gasteiger partial charge in [-0.15, -0.1) is 0 Å². The van der Waals surface area contributed by atoms with E-state index in [0.29, 0.717) is 0 Å². The van der Waals surface area contributed by atoms with E-state index >= 15 is 0 Å². The fourth-order valence-electron chi connectivity index (χ4n) is 2.33. The van der Waals surface area contributed by atoms with Gasteiger partial charge in [-0.05, 0) is 30.4 Å². The molecule has 1 atom stereocenters. The molecule has 0 amide bonds. The molecule has 0 radical (unpaired) electrons. The van der Waals surface area contributed by atoms with E-state index in [0.717, 1.165) is 25.1 Å². The number of benzene rings is 1. The lowest BCUT2D eigenvalue weighted by Gasteiger charge is -2.23. The number of fused-ring (bicyclic) bond motifs is 1. The maximum absolute atomic E-state index is 8.65. The molecule has 0 heterocycles. The fourth-order valence-corrected chi connectivity index (χ4v) is 2.33. The van der Waals surface area contributed by atoms with Crippen molar-refractivity contribution in [3.8, 4) is 6.19 Å². The summed E-state index contributed by atoms with van der Waals surface area (Å²) in [4.78, 5) is 4.67. The second-order valence-electron chi connectivity index (χ2n) is 4.27. The Morgan fingerprint density at radius 3 is 3.12 bits per heavy atom. The molecule has 0 unspecified atom stereocenters. The molecule has 1 aromatic carbocycles. The van der Waals surface area contributed by atoms with Gasteiger partial charge in [0, 0.05) is 6.42 Å². The van der Waals surface area contributed by atoms with E-state index in [1.165, 1.54) is 17.5 Å². The van der Waals surface area contributed by atoms with Crippen LogP contribution >= 0.6 is 0 Å². The van der Waals surface area contributed by atoms with Gasteiger partial charge >= 0.3 is 0 Å². The Bertz CT molecular complexity index is 457. The molecule has 0 fully saturated rings. The Hall–Kier alpha value is -1.82. The number of hydrogen-bond acceptors (Lipinski definition) is 2. The highest BCUT2D eigenvalue weighted by molar-refractivity contribution is 5.83. The third-order valence-electron chi connectivity index (χ3n) is 3.18. The van der Waals surface area contributed by atoms with Crippen LogP contribution in [0.15, 0.2) is 29.3 Å². The SMILES string of the molecule is CCC(=N[C@H]1CCCc2ccccc21)NC#N. The zero-order valence-corrected chi connectivity index (χ0v) is 10.1. The van der Waals surface area contributed by atoms with Crippen LogP contribution in [0.4, 0.5) is 0 Å². The summed E-state index contributed by atoms with van der Waals surface area (Å²) in [6.45, 7) is 2.01. The Morgan fingerprint density at radius 2 is 2.35 bits per heavy atom. The zero-order valence-electron chi connectivity index (χ0n) is 10.1. The molecule has 0 spiro atoms. The molecule has 0 aliphatic heterocycles. The van der Waals surface area contributed by atoms with E-state index in [1.54, 1.807) is 0 Å². The van der Waals surface area contributed by atoms with Gasteiger partial charge < -0.3 is 0 Å². The van der Waals surface area contributed by atoms with Crippen molar-refractivity contribution in [1.29, 1.82) is 5.26 Å².